The number of rotatable bonds is 3. The molecule has 0 amide bonds. The van der Waals surface area contributed by atoms with Crippen LogP contribution >= 0.6 is 15.9 Å². The van der Waals surface area contributed by atoms with Crippen molar-refractivity contribution in [3.8, 4) is 5.75 Å². The molecule has 2 atom stereocenters. The van der Waals surface area contributed by atoms with Crippen molar-refractivity contribution in [2.24, 2.45) is 11.3 Å². The molecule has 0 heterocycles. The second-order valence-corrected chi connectivity index (χ2v) is 7.44. The van der Waals surface area contributed by atoms with Crippen molar-refractivity contribution >= 4 is 21.6 Å². The van der Waals surface area contributed by atoms with Gasteiger partial charge in [-0.15, -0.1) is 0 Å². The summed E-state index contributed by atoms with van der Waals surface area (Å²) in [5.41, 5.74) is 0.252. The van der Waals surface area contributed by atoms with Crippen LogP contribution in [-0.4, -0.2) is 11.0 Å². The lowest BCUT2D eigenvalue weighted by molar-refractivity contribution is -0.386. The number of halogens is 1. The molecule has 1 aromatic carbocycles. The predicted molar refractivity (Wildman–Crippen MR) is 82.0 cm³/mol. The molecular weight excluding hydrogens is 322 g/mol. The van der Waals surface area contributed by atoms with Gasteiger partial charge in [-0.3, -0.25) is 10.1 Å². The number of hydrogen-bond acceptors (Lipinski definition) is 3. The van der Waals surface area contributed by atoms with Crippen LogP contribution in [0.2, 0.25) is 0 Å². The molecule has 0 spiro atoms. The van der Waals surface area contributed by atoms with Crippen LogP contribution in [0.4, 0.5) is 5.69 Å². The Balaban J connectivity index is 2.19. The van der Waals surface area contributed by atoms with Crippen LogP contribution in [0.15, 0.2) is 22.7 Å². The van der Waals surface area contributed by atoms with Crippen LogP contribution in [0.5, 0.6) is 5.75 Å². The van der Waals surface area contributed by atoms with Gasteiger partial charge in [0, 0.05) is 10.5 Å². The van der Waals surface area contributed by atoms with E-state index < -0.39 is 4.92 Å². The average Bonchev–Trinajstić information content (AvgIpc) is 2.28. The Bertz CT molecular complexity index is 516. The molecule has 1 aliphatic carbocycles. The summed E-state index contributed by atoms with van der Waals surface area (Å²) in [7, 11) is 0. The van der Waals surface area contributed by atoms with Crippen LogP contribution in [0.3, 0.4) is 0 Å². The largest absolute Gasteiger partial charge is 0.483 e. The fraction of sp³-hybridized carbons (Fsp3) is 0.600. The number of nitrogens with zero attached hydrogens (tertiary/aromatic N) is 1. The molecule has 0 saturated heterocycles. The molecule has 1 aliphatic rings. The van der Waals surface area contributed by atoms with Crippen LogP contribution < -0.4 is 4.74 Å². The summed E-state index contributed by atoms with van der Waals surface area (Å²) in [5, 5.41) is 11.1. The Morgan fingerprint density at radius 1 is 1.40 bits per heavy atom. The molecule has 0 aliphatic heterocycles. The molecule has 0 N–H and O–H groups in total. The molecule has 5 heteroatoms. The van der Waals surface area contributed by atoms with Crippen LogP contribution in [-0.2, 0) is 0 Å². The lowest BCUT2D eigenvalue weighted by Gasteiger charge is -2.38. The summed E-state index contributed by atoms with van der Waals surface area (Å²) in [6, 6.07) is 4.95. The summed E-state index contributed by atoms with van der Waals surface area (Å²) in [6.45, 7) is 6.68. The van der Waals surface area contributed by atoms with Crippen molar-refractivity contribution in [2.75, 3.05) is 0 Å². The highest BCUT2D eigenvalue weighted by molar-refractivity contribution is 9.10. The van der Waals surface area contributed by atoms with E-state index in [2.05, 4.69) is 36.7 Å². The summed E-state index contributed by atoms with van der Waals surface area (Å²) in [4.78, 5) is 10.7. The highest BCUT2D eigenvalue weighted by Gasteiger charge is 2.34. The van der Waals surface area contributed by atoms with Gasteiger partial charge in [-0.05, 0) is 42.7 Å². The number of nitro groups is 1. The summed E-state index contributed by atoms with van der Waals surface area (Å²) in [6.07, 6.45) is 3.12. The van der Waals surface area contributed by atoms with Gasteiger partial charge in [0.05, 0.1) is 11.0 Å². The number of hydrogen-bond donors (Lipinski definition) is 0. The summed E-state index contributed by atoms with van der Waals surface area (Å²) in [5.74, 6) is 0.950. The normalized spacial score (nSPS) is 25.2. The minimum Gasteiger partial charge on any atom is -0.483 e. The van der Waals surface area contributed by atoms with Crippen LogP contribution in [0.25, 0.3) is 0 Å². The van der Waals surface area contributed by atoms with Crippen molar-refractivity contribution in [1.82, 2.24) is 0 Å². The minimum absolute atomic E-state index is 0.0235. The molecule has 0 bridgehead atoms. The first-order valence-corrected chi connectivity index (χ1v) is 7.67. The van der Waals surface area contributed by atoms with Crippen molar-refractivity contribution in [1.29, 1.82) is 0 Å². The Morgan fingerprint density at radius 3 is 2.70 bits per heavy atom. The molecule has 20 heavy (non-hydrogen) atoms. The van der Waals surface area contributed by atoms with Gasteiger partial charge in [0.1, 0.15) is 0 Å². The van der Waals surface area contributed by atoms with E-state index in [0.29, 0.717) is 16.1 Å². The van der Waals surface area contributed by atoms with Gasteiger partial charge in [-0.1, -0.05) is 36.7 Å². The van der Waals surface area contributed by atoms with Gasteiger partial charge < -0.3 is 4.74 Å². The molecule has 110 valence electrons. The Kier molecular flexibility index (Phi) is 4.37. The molecule has 0 aromatic heterocycles. The van der Waals surface area contributed by atoms with E-state index in [9.17, 15) is 10.1 Å². The van der Waals surface area contributed by atoms with Gasteiger partial charge >= 0.3 is 5.69 Å². The fourth-order valence-electron chi connectivity index (χ4n) is 3.26. The number of benzene rings is 1. The average molecular weight is 342 g/mol. The highest BCUT2D eigenvalue weighted by Crippen LogP contribution is 2.41. The standard InChI is InChI=1S/C15H20BrNO3/c1-10-6-12(9-15(2,3)8-10)20-14-5-4-11(16)7-13(14)17(18)19/h4-5,7,10,12H,6,8-9H2,1-3H3. The smallest absolute Gasteiger partial charge is 0.312 e. The van der Waals surface area contributed by atoms with Crippen molar-refractivity contribution in [3.05, 3.63) is 32.8 Å². The molecular formula is C15H20BrNO3. The second-order valence-electron chi connectivity index (χ2n) is 6.52. The maximum absolute atomic E-state index is 11.1. The molecule has 2 rings (SSSR count). The molecule has 4 nitrogen and oxygen atoms in total. The third kappa shape index (κ3) is 3.72. The second kappa shape index (κ2) is 5.72. The third-order valence-corrected chi connectivity index (χ3v) is 4.25. The zero-order valence-electron chi connectivity index (χ0n) is 12.1. The molecule has 0 radical (unpaired) electrons. The van der Waals surface area contributed by atoms with E-state index in [0.717, 1.165) is 12.8 Å². The van der Waals surface area contributed by atoms with E-state index in [1.807, 2.05) is 0 Å². The zero-order valence-corrected chi connectivity index (χ0v) is 13.6. The highest BCUT2D eigenvalue weighted by atomic mass is 79.9. The number of ether oxygens (including phenoxy) is 1. The Labute approximate surface area is 127 Å². The van der Waals surface area contributed by atoms with Crippen LogP contribution in [0, 0.1) is 21.4 Å². The van der Waals surface area contributed by atoms with Gasteiger partial charge in [0.25, 0.3) is 0 Å². The van der Waals surface area contributed by atoms with Crippen molar-refractivity contribution < 1.29 is 9.66 Å². The first-order valence-electron chi connectivity index (χ1n) is 6.87. The van der Waals surface area contributed by atoms with Crippen LogP contribution in [0.1, 0.15) is 40.0 Å². The predicted octanol–water partition coefficient (Wildman–Crippen LogP) is 4.95. The van der Waals surface area contributed by atoms with E-state index >= 15 is 0 Å². The Morgan fingerprint density at radius 2 is 2.10 bits per heavy atom. The van der Waals surface area contributed by atoms with Gasteiger partial charge in [0.2, 0.25) is 0 Å². The molecule has 2 unspecified atom stereocenters. The lowest BCUT2D eigenvalue weighted by Crippen LogP contribution is -2.34. The van der Waals surface area contributed by atoms with Gasteiger partial charge in [-0.2, -0.15) is 0 Å². The number of nitro benzene ring substituents is 1. The van der Waals surface area contributed by atoms with E-state index in [4.69, 9.17) is 4.74 Å². The van der Waals surface area contributed by atoms with Crippen molar-refractivity contribution in [3.63, 3.8) is 0 Å². The van der Waals surface area contributed by atoms with Gasteiger partial charge in [0.15, 0.2) is 5.75 Å². The van der Waals surface area contributed by atoms with Gasteiger partial charge in [-0.25, -0.2) is 0 Å². The first kappa shape index (κ1) is 15.3. The maximum atomic E-state index is 11.1. The quantitative estimate of drug-likeness (QED) is 0.577. The van der Waals surface area contributed by atoms with E-state index in [-0.39, 0.29) is 17.2 Å². The fourth-order valence-corrected chi connectivity index (χ4v) is 3.61. The SMILES string of the molecule is CC1CC(Oc2ccc(Br)cc2[N+](=O)[O-])CC(C)(C)C1. The topological polar surface area (TPSA) is 52.4 Å². The minimum atomic E-state index is -0.391. The third-order valence-electron chi connectivity index (χ3n) is 3.76. The van der Waals surface area contributed by atoms with Crippen molar-refractivity contribution in [2.45, 2.75) is 46.1 Å². The Hall–Kier alpha value is -1.10. The molecule has 1 aromatic rings. The summed E-state index contributed by atoms with van der Waals surface area (Å²) < 4.78 is 6.64. The first-order chi connectivity index (χ1) is 9.27. The van der Waals surface area contributed by atoms with E-state index in [1.54, 1.807) is 12.1 Å². The monoisotopic (exact) mass is 341 g/mol. The summed E-state index contributed by atoms with van der Waals surface area (Å²) >= 11 is 3.26. The molecule has 1 fully saturated rings. The molecule has 1 saturated carbocycles. The van der Waals surface area contributed by atoms with E-state index in [1.165, 1.54) is 12.5 Å². The zero-order chi connectivity index (χ0) is 14.9. The maximum Gasteiger partial charge on any atom is 0.312 e. The lowest BCUT2D eigenvalue weighted by atomic mass is 9.71.